The van der Waals surface area contributed by atoms with Crippen LogP contribution in [0.15, 0.2) is 0 Å². The van der Waals surface area contributed by atoms with Crippen LogP contribution >= 0.6 is 11.6 Å². The lowest BCUT2D eigenvalue weighted by molar-refractivity contribution is -0.133. The summed E-state index contributed by atoms with van der Waals surface area (Å²) in [4.78, 5) is 16.4. The Hall–Kier alpha value is -0.280. The molecule has 2 aliphatic carbocycles. The van der Waals surface area contributed by atoms with Gasteiger partial charge in [-0.3, -0.25) is 4.79 Å². The van der Waals surface area contributed by atoms with Crippen LogP contribution in [0.4, 0.5) is 0 Å². The fraction of sp³-hybridized carbons (Fsp3) is 0.923. The summed E-state index contributed by atoms with van der Waals surface area (Å²) in [6.07, 6.45) is 7.21. The van der Waals surface area contributed by atoms with Gasteiger partial charge >= 0.3 is 0 Å². The van der Waals surface area contributed by atoms with E-state index in [-0.39, 0.29) is 11.8 Å². The molecule has 4 heteroatoms. The molecule has 0 radical (unpaired) electrons. The van der Waals surface area contributed by atoms with Crippen LogP contribution in [0.3, 0.4) is 0 Å². The minimum atomic E-state index is 0.132. The molecule has 3 nitrogen and oxygen atoms in total. The van der Waals surface area contributed by atoms with E-state index in [4.69, 9.17) is 11.6 Å². The van der Waals surface area contributed by atoms with Crippen molar-refractivity contribution in [3.8, 4) is 0 Å². The van der Waals surface area contributed by atoms with Crippen LogP contribution in [0.2, 0.25) is 0 Å². The number of carbonyl (C=O) groups excluding carboxylic acids is 1. The summed E-state index contributed by atoms with van der Waals surface area (Å²) in [6.45, 7) is 0. The standard InChI is InChI=1S/C13H23ClN2O/c1-15(2)11-5-3-4-6-12(11)16(10-7-8-10)13(17)9-14/h10-12H,3-9H2,1-2H3/t11-,12+/m0/s1. The van der Waals surface area contributed by atoms with Gasteiger partial charge in [0, 0.05) is 18.1 Å². The molecule has 0 aromatic rings. The van der Waals surface area contributed by atoms with E-state index in [1.54, 1.807) is 0 Å². The van der Waals surface area contributed by atoms with Crippen molar-refractivity contribution >= 4 is 17.5 Å². The normalized spacial score (nSPS) is 29.4. The zero-order valence-electron chi connectivity index (χ0n) is 10.9. The Morgan fingerprint density at radius 3 is 2.18 bits per heavy atom. The van der Waals surface area contributed by atoms with E-state index < -0.39 is 0 Å². The molecule has 0 aromatic carbocycles. The Balaban J connectivity index is 2.11. The fourth-order valence-electron chi connectivity index (χ4n) is 3.10. The van der Waals surface area contributed by atoms with Gasteiger partial charge in [0.1, 0.15) is 5.88 Å². The Morgan fingerprint density at radius 1 is 1.12 bits per heavy atom. The van der Waals surface area contributed by atoms with Gasteiger partial charge in [-0.2, -0.15) is 0 Å². The molecule has 17 heavy (non-hydrogen) atoms. The van der Waals surface area contributed by atoms with Crippen molar-refractivity contribution in [2.75, 3.05) is 20.0 Å². The largest absolute Gasteiger partial charge is 0.334 e. The van der Waals surface area contributed by atoms with E-state index in [1.165, 1.54) is 32.1 Å². The Kier molecular flexibility index (Phi) is 4.31. The lowest BCUT2D eigenvalue weighted by atomic mass is 9.88. The van der Waals surface area contributed by atoms with E-state index in [9.17, 15) is 4.79 Å². The smallest absolute Gasteiger partial charge is 0.238 e. The molecule has 0 N–H and O–H groups in total. The van der Waals surface area contributed by atoms with Crippen molar-refractivity contribution < 1.29 is 4.79 Å². The molecule has 0 heterocycles. The van der Waals surface area contributed by atoms with E-state index in [0.29, 0.717) is 18.1 Å². The average molecular weight is 259 g/mol. The number of amides is 1. The number of nitrogens with zero attached hydrogens (tertiary/aromatic N) is 2. The van der Waals surface area contributed by atoms with Gasteiger partial charge < -0.3 is 9.80 Å². The van der Waals surface area contributed by atoms with Crippen LogP contribution in [0.1, 0.15) is 38.5 Å². The Labute approximate surface area is 109 Å². The molecule has 1 amide bonds. The van der Waals surface area contributed by atoms with Crippen molar-refractivity contribution in [2.45, 2.75) is 56.7 Å². The van der Waals surface area contributed by atoms with Gasteiger partial charge in [-0.05, 0) is 39.8 Å². The number of hydrogen-bond acceptors (Lipinski definition) is 2. The van der Waals surface area contributed by atoms with Crippen molar-refractivity contribution in [1.29, 1.82) is 0 Å². The molecule has 0 saturated heterocycles. The number of halogens is 1. The summed E-state index contributed by atoms with van der Waals surface area (Å²) >= 11 is 5.76. The summed E-state index contributed by atoms with van der Waals surface area (Å²) in [5.41, 5.74) is 0. The summed E-state index contributed by atoms with van der Waals surface area (Å²) < 4.78 is 0. The third-order valence-corrected chi connectivity index (χ3v) is 4.29. The molecule has 0 aromatic heterocycles. The molecular formula is C13H23ClN2O. The van der Waals surface area contributed by atoms with Crippen LogP contribution < -0.4 is 0 Å². The highest BCUT2D eigenvalue weighted by Crippen LogP contribution is 2.35. The van der Waals surface area contributed by atoms with Crippen molar-refractivity contribution in [2.24, 2.45) is 0 Å². The minimum Gasteiger partial charge on any atom is -0.334 e. The maximum absolute atomic E-state index is 12.0. The minimum absolute atomic E-state index is 0.132. The topological polar surface area (TPSA) is 23.6 Å². The van der Waals surface area contributed by atoms with E-state index in [2.05, 4.69) is 23.9 Å². The molecule has 0 bridgehead atoms. The second kappa shape index (κ2) is 5.57. The summed E-state index contributed by atoms with van der Waals surface area (Å²) in [5, 5.41) is 0. The molecule has 0 spiro atoms. The molecule has 0 unspecified atom stereocenters. The maximum Gasteiger partial charge on any atom is 0.238 e. The first-order valence-corrected chi connectivity index (χ1v) is 7.22. The highest BCUT2D eigenvalue weighted by Gasteiger charge is 2.41. The van der Waals surface area contributed by atoms with Gasteiger partial charge in [0.25, 0.3) is 0 Å². The number of likely N-dealkylation sites (N-methyl/N-ethyl adjacent to an activating group) is 1. The second-order valence-corrected chi connectivity index (χ2v) is 5.82. The lowest BCUT2D eigenvalue weighted by Crippen LogP contribution is -2.54. The molecule has 0 aliphatic heterocycles. The maximum atomic E-state index is 12.0. The van der Waals surface area contributed by atoms with Crippen LogP contribution in [0.5, 0.6) is 0 Å². The monoisotopic (exact) mass is 258 g/mol. The summed E-state index contributed by atoms with van der Waals surface area (Å²) in [7, 11) is 4.25. The number of rotatable bonds is 4. The van der Waals surface area contributed by atoms with Gasteiger partial charge in [-0.25, -0.2) is 0 Å². The van der Waals surface area contributed by atoms with Gasteiger partial charge in [-0.15, -0.1) is 11.6 Å². The van der Waals surface area contributed by atoms with Gasteiger partial charge in [-0.1, -0.05) is 12.8 Å². The van der Waals surface area contributed by atoms with Gasteiger partial charge in [0.2, 0.25) is 5.91 Å². The van der Waals surface area contributed by atoms with Crippen molar-refractivity contribution in [3.63, 3.8) is 0 Å². The number of hydrogen-bond donors (Lipinski definition) is 0. The molecular weight excluding hydrogens is 236 g/mol. The van der Waals surface area contributed by atoms with Crippen LogP contribution in [-0.4, -0.2) is 53.8 Å². The molecule has 2 rings (SSSR count). The van der Waals surface area contributed by atoms with Crippen molar-refractivity contribution in [3.05, 3.63) is 0 Å². The summed E-state index contributed by atoms with van der Waals surface area (Å²) in [5.74, 6) is 0.264. The van der Waals surface area contributed by atoms with Crippen LogP contribution in [0, 0.1) is 0 Å². The zero-order valence-corrected chi connectivity index (χ0v) is 11.6. The quantitative estimate of drug-likeness (QED) is 0.721. The predicted molar refractivity (Wildman–Crippen MR) is 70.3 cm³/mol. The van der Waals surface area contributed by atoms with Crippen LogP contribution in [-0.2, 0) is 4.79 Å². The predicted octanol–water partition coefficient (Wildman–Crippen LogP) is 2.09. The van der Waals surface area contributed by atoms with Gasteiger partial charge in [0.15, 0.2) is 0 Å². The molecule has 2 atom stereocenters. The van der Waals surface area contributed by atoms with E-state index in [0.717, 1.165) is 6.42 Å². The molecule has 2 fully saturated rings. The van der Waals surface area contributed by atoms with Crippen LogP contribution in [0.25, 0.3) is 0 Å². The first kappa shape index (κ1) is 13.2. The number of carbonyl (C=O) groups is 1. The third kappa shape index (κ3) is 2.94. The number of alkyl halides is 1. The van der Waals surface area contributed by atoms with Crippen molar-refractivity contribution in [1.82, 2.24) is 9.80 Å². The Morgan fingerprint density at radius 2 is 1.71 bits per heavy atom. The van der Waals surface area contributed by atoms with Gasteiger partial charge in [0.05, 0.1) is 0 Å². The zero-order chi connectivity index (χ0) is 12.4. The first-order chi connectivity index (χ1) is 8.15. The molecule has 2 aliphatic rings. The highest BCUT2D eigenvalue weighted by molar-refractivity contribution is 6.27. The third-order valence-electron chi connectivity index (χ3n) is 4.06. The molecule has 2 saturated carbocycles. The molecule has 98 valence electrons. The van der Waals surface area contributed by atoms with E-state index >= 15 is 0 Å². The fourth-order valence-corrected chi connectivity index (χ4v) is 3.24. The second-order valence-electron chi connectivity index (χ2n) is 5.55. The van der Waals surface area contributed by atoms with E-state index in [1.807, 2.05) is 0 Å². The SMILES string of the molecule is CN(C)[C@H]1CCCC[C@H]1N(C(=O)CCl)C1CC1. The highest BCUT2D eigenvalue weighted by atomic mass is 35.5. The first-order valence-electron chi connectivity index (χ1n) is 6.68. The Bertz CT molecular complexity index is 279. The summed E-state index contributed by atoms with van der Waals surface area (Å²) in [6, 6.07) is 1.38. The lowest BCUT2D eigenvalue weighted by Gasteiger charge is -2.43. The average Bonchev–Trinajstić information content (AvgIpc) is 3.14.